The first kappa shape index (κ1) is 11.6. The highest BCUT2D eigenvalue weighted by atomic mass is 16.2. The molecule has 0 spiro atoms. The minimum Gasteiger partial charge on any atom is -0.328 e. The van der Waals surface area contributed by atoms with E-state index in [4.69, 9.17) is 0 Å². The van der Waals surface area contributed by atoms with Crippen LogP contribution in [-0.4, -0.2) is 14.1 Å². The van der Waals surface area contributed by atoms with Crippen molar-refractivity contribution in [3.63, 3.8) is 0 Å². The third-order valence-electron chi connectivity index (χ3n) is 3.43. The summed E-state index contributed by atoms with van der Waals surface area (Å²) in [7, 11) is 3.26. The fourth-order valence-electron chi connectivity index (χ4n) is 2.31. The molecule has 1 aromatic carbocycles. The van der Waals surface area contributed by atoms with Gasteiger partial charge in [-0.3, -0.25) is 9.36 Å². The van der Waals surface area contributed by atoms with Gasteiger partial charge in [0.25, 0.3) is 5.56 Å². The van der Waals surface area contributed by atoms with Crippen molar-refractivity contribution < 1.29 is 0 Å². The fraction of sp³-hybridized carbons (Fsp3) is 0.214. The summed E-state index contributed by atoms with van der Waals surface area (Å²) in [4.78, 5) is 27.8. The van der Waals surface area contributed by atoms with Gasteiger partial charge < -0.3 is 4.57 Å². The number of pyridine rings is 1. The SMILES string of the molecule is Cc1ccc2cc3c(=O)n(C)c(=O)nc-3n(C)c2c1. The molecular weight excluding hydrogens is 242 g/mol. The molecule has 0 saturated carbocycles. The Kier molecular flexibility index (Phi) is 2.32. The minimum absolute atomic E-state index is 0.312. The minimum atomic E-state index is -0.528. The lowest BCUT2D eigenvalue weighted by Crippen LogP contribution is -2.35. The first-order valence-corrected chi connectivity index (χ1v) is 5.96. The molecule has 0 N–H and O–H groups in total. The van der Waals surface area contributed by atoms with Crippen molar-refractivity contribution in [2.45, 2.75) is 6.92 Å². The molecule has 0 aromatic heterocycles. The molecule has 2 aliphatic rings. The number of hydrogen-bond donors (Lipinski definition) is 0. The average molecular weight is 255 g/mol. The van der Waals surface area contributed by atoms with Gasteiger partial charge >= 0.3 is 5.69 Å². The number of hydrogen-bond acceptors (Lipinski definition) is 3. The molecule has 0 saturated heterocycles. The van der Waals surface area contributed by atoms with E-state index >= 15 is 0 Å². The topological polar surface area (TPSA) is 56.9 Å². The quantitative estimate of drug-likeness (QED) is 0.564. The molecule has 0 atom stereocenters. The van der Waals surface area contributed by atoms with Crippen LogP contribution >= 0.6 is 0 Å². The number of fused-ring (bicyclic) bond motifs is 2. The lowest BCUT2D eigenvalue weighted by atomic mass is 10.1. The highest BCUT2D eigenvalue weighted by molar-refractivity contribution is 5.85. The van der Waals surface area contributed by atoms with Gasteiger partial charge in [-0.1, -0.05) is 12.1 Å². The summed E-state index contributed by atoms with van der Waals surface area (Å²) in [5.74, 6) is 0.422. The third kappa shape index (κ3) is 1.58. The van der Waals surface area contributed by atoms with E-state index in [1.54, 1.807) is 10.6 Å². The van der Waals surface area contributed by atoms with Gasteiger partial charge in [0.05, 0.1) is 5.56 Å². The van der Waals surface area contributed by atoms with Crippen LogP contribution in [0.4, 0.5) is 0 Å². The molecule has 19 heavy (non-hydrogen) atoms. The maximum absolute atomic E-state index is 12.1. The van der Waals surface area contributed by atoms with Crippen molar-refractivity contribution in [1.29, 1.82) is 0 Å². The molecule has 0 fully saturated rings. The van der Waals surface area contributed by atoms with Crippen molar-refractivity contribution in [1.82, 2.24) is 14.1 Å². The highest BCUT2D eigenvalue weighted by Crippen LogP contribution is 2.23. The van der Waals surface area contributed by atoms with Gasteiger partial charge in [-0.05, 0) is 30.0 Å². The second kappa shape index (κ2) is 3.78. The number of nitrogens with zero attached hydrogens (tertiary/aromatic N) is 3. The van der Waals surface area contributed by atoms with Gasteiger partial charge in [0.1, 0.15) is 0 Å². The van der Waals surface area contributed by atoms with Crippen LogP contribution in [0.3, 0.4) is 0 Å². The van der Waals surface area contributed by atoms with Crippen LogP contribution in [0.5, 0.6) is 0 Å². The Balaban J connectivity index is 2.62. The van der Waals surface area contributed by atoms with E-state index in [1.165, 1.54) is 7.05 Å². The van der Waals surface area contributed by atoms with Crippen LogP contribution in [0.2, 0.25) is 0 Å². The van der Waals surface area contributed by atoms with E-state index in [0.29, 0.717) is 11.4 Å². The molecule has 2 aliphatic heterocycles. The molecule has 5 nitrogen and oxygen atoms in total. The van der Waals surface area contributed by atoms with Gasteiger partial charge in [0.2, 0.25) is 0 Å². The van der Waals surface area contributed by atoms with E-state index < -0.39 is 5.69 Å². The lowest BCUT2D eigenvalue weighted by Gasteiger charge is -2.14. The van der Waals surface area contributed by atoms with Crippen LogP contribution in [0.25, 0.3) is 22.3 Å². The smallest absolute Gasteiger partial charge is 0.328 e. The zero-order valence-corrected chi connectivity index (χ0v) is 11.0. The summed E-state index contributed by atoms with van der Waals surface area (Å²) in [5, 5.41) is 0.957. The van der Waals surface area contributed by atoms with Gasteiger partial charge in [0.15, 0.2) is 5.82 Å². The largest absolute Gasteiger partial charge is 0.352 e. The third-order valence-corrected chi connectivity index (χ3v) is 3.43. The Morgan fingerprint density at radius 1 is 1.05 bits per heavy atom. The molecule has 0 amide bonds. The number of aryl methyl sites for hydroxylation is 2. The fourth-order valence-corrected chi connectivity index (χ4v) is 2.31. The molecule has 3 rings (SSSR count). The van der Waals surface area contributed by atoms with Gasteiger partial charge in [0, 0.05) is 19.6 Å². The summed E-state index contributed by atoms with van der Waals surface area (Å²) in [5.41, 5.74) is 1.69. The molecular formula is C14H13N3O2. The predicted molar refractivity (Wildman–Crippen MR) is 73.6 cm³/mol. The normalized spacial score (nSPS) is 11.3. The van der Waals surface area contributed by atoms with Gasteiger partial charge in [-0.2, -0.15) is 4.98 Å². The zero-order valence-electron chi connectivity index (χ0n) is 11.0. The van der Waals surface area contributed by atoms with Crippen molar-refractivity contribution in [2.24, 2.45) is 14.1 Å². The van der Waals surface area contributed by atoms with Crippen LogP contribution < -0.4 is 11.2 Å². The summed E-state index contributed by atoms with van der Waals surface area (Å²) >= 11 is 0. The van der Waals surface area contributed by atoms with Crippen LogP contribution in [0, 0.1) is 6.92 Å². The molecule has 0 radical (unpaired) electrons. The molecule has 0 bridgehead atoms. The van der Waals surface area contributed by atoms with Crippen LogP contribution in [0.15, 0.2) is 33.9 Å². The summed E-state index contributed by atoms with van der Waals surface area (Å²) in [6.45, 7) is 2.00. The van der Waals surface area contributed by atoms with E-state index in [2.05, 4.69) is 4.98 Å². The maximum Gasteiger partial charge on any atom is 0.352 e. The molecule has 1 aromatic rings. The number of benzene rings is 1. The van der Waals surface area contributed by atoms with E-state index in [0.717, 1.165) is 21.0 Å². The van der Waals surface area contributed by atoms with Crippen molar-refractivity contribution in [2.75, 3.05) is 0 Å². The Morgan fingerprint density at radius 3 is 2.53 bits per heavy atom. The predicted octanol–water partition coefficient (Wildman–Crippen LogP) is 1.05. The van der Waals surface area contributed by atoms with Crippen LogP contribution in [-0.2, 0) is 14.1 Å². The zero-order chi connectivity index (χ0) is 13.7. The summed E-state index contributed by atoms with van der Waals surface area (Å²) in [6.07, 6.45) is 0. The standard InChI is InChI=1S/C14H13N3O2/c1-8-4-5-9-7-10-12(16(2)11(9)6-8)15-14(19)17(3)13(10)18/h4-7H,1-3H3. The van der Waals surface area contributed by atoms with E-state index in [9.17, 15) is 9.59 Å². The molecule has 5 heteroatoms. The maximum atomic E-state index is 12.1. The molecule has 0 aliphatic carbocycles. The second-order valence-corrected chi connectivity index (χ2v) is 4.76. The Hall–Kier alpha value is -2.43. The van der Waals surface area contributed by atoms with Gasteiger partial charge in [-0.15, -0.1) is 0 Å². The van der Waals surface area contributed by atoms with E-state index in [-0.39, 0.29) is 5.56 Å². The average Bonchev–Trinajstić information content (AvgIpc) is 2.39. The van der Waals surface area contributed by atoms with Crippen molar-refractivity contribution in [3.05, 3.63) is 50.7 Å². The van der Waals surface area contributed by atoms with Crippen molar-refractivity contribution >= 4 is 10.9 Å². The summed E-state index contributed by atoms with van der Waals surface area (Å²) in [6, 6.07) is 7.76. The first-order valence-electron chi connectivity index (χ1n) is 5.96. The number of rotatable bonds is 0. The molecule has 2 heterocycles. The summed E-state index contributed by atoms with van der Waals surface area (Å²) < 4.78 is 2.82. The molecule has 96 valence electrons. The Morgan fingerprint density at radius 2 is 1.79 bits per heavy atom. The Labute approximate surface area is 109 Å². The highest BCUT2D eigenvalue weighted by Gasteiger charge is 2.16. The number of aromatic nitrogens is 3. The molecule has 0 unspecified atom stereocenters. The lowest BCUT2D eigenvalue weighted by molar-refractivity contribution is 0.757. The Bertz CT molecular complexity index is 890. The van der Waals surface area contributed by atoms with Gasteiger partial charge in [-0.25, -0.2) is 4.79 Å². The monoisotopic (exact) mass is 255 g/mol. The van der Waals surface area contributed by atoms with E-state index in [1.807, 2.05) is 32.2 Å². The first-order chi connectivity index (χ1) is 8.99. The second-order valence-electron chi connectivity index (χ2n) is 4.76. The van der Waals surface area contributed by atoms with Crippen LogP contribution in [0.1, 0.15) is 5.56 Å². The van der Waals surface area contributed by atoms with Crippen molar-refractivity contribution in [3.8, 4) is 11.4 Å².